The second-order valence-electron chi connectivity index (χ2n) is 5.21. The van der Waals surface area contributed by atoms with Gasteiger partial charge in [-0.3, -0.25) is 9.69 Å². The highest BCUT2D eigenvalue weighted by Gasteiger charge is 2.22. The summed E-state index contributed by atoms with van der Waals surface area (Å²) in [4.78, 5) is 16.7. The van der Waals surface area contributed by atoms with Gasteiger partial charge in [0.1, 0.15) is 0 Å². The van der Waals surface area contributed by atoms with E-state index in [1.807, 2.05) is 17.0 Å². The van der Waals surface area contributed by atoms with Gasteiger partial charge in [-0.15, -0.1) is 12.4 Å². The van der Waals surface area contributed by atoms with Crippen molar-refractivity contribution in [3.8, 4) is 0 Å². The number of carbonyl (C=O) groups excluding carboxylic acids is 1. The number of amides is 1. The molecule has 0 saturated carbocycles. The molecule has 2 heterocycles. The Labute approximate surface area is 145 Å². The zero-order valence-electron chi connectivity index (χ0n) is 12.1. The molecule has 0 atom stereocenters. The predicted octanol–water partition coefficient (Wildman–Crippen LogP) is 3.78. The van der Waals surface area contributed by atoms with Crippen LogP contribution in [-0.4, -0.2) is 41.9 Å². The average molecular weight is 357 g/mol. The fourth-order valence-electron chi connectivity index (χ4n) is 2.55. The molecule has 0 aliphatic carbocycles. The highest BCUT2D eigenvalue weighted by Crippen LogP contribution is 2.15. The van der Waals surface area contributed by atoms with Gasteiger partial charge in [-0.2, -0.15) is 11.3 Å². The van der Waals surface area contributed by atoms with Crippen LogP contribution < -0.4 is 0 Å². The predicted molar refractivity (Wildman–Crippen MR) is 94.2 cm³/mol. The Balaban J connectivity index is 0.00000176. The summed E-state index contributed by atoms with van der Waals surface area (Å²) >= 11 is 7.68. The number of thiophene rings is 1. The fourth-order valence-corrected chi connectivity index (χ4v) is 3.40. The van der Waals surface area contributed by atoms with Crippen LogP contribution in [-0.2, 0) is 6.54 Å². The third-order valence-electron chi connectivity index (χ3n) is 3.72. The van der Waals surface area contributed by atoms with E-state index in [1.54, 1.807) is 23.5 Å². The van der Waals surface area contributed by atoms with Crippen molar-refractivity contribution in [1.29, 1.82) is 0 Å². The van der Waals surface area contributed by atoms with Crippen LogP contribution in [0.4, 0.5) is 0 Å². The summed E-state index contributed by atoms with van der Waals surface area (Å²) in [6, 6.07) is 9.33. The van der Waals surface area contributed by atoms with Gasteiger partial charge in [0.05, 0.1) is 0 Å². The smallest absolute Gasteiger partial charge is 0.253 e. The van der Waals surface area contributed by atoms with Crippen molar-refractivity contribution in [2.75, 3.05) is 26.2 Å². The first kappa shape index (κ1) is 17.3. The zero-order chi connectivity index (χ0) is 14.7. The van der Waals surface area contributed by atoms with Crippen molar-refractivity contribution in [2.45, 2.75) is 6.54 Å². The topological polar surface area (TPSA) is 23.6 Å². The molecule has 1 aliphatic heterocycles. The van der Waals surface area contributed by atoms with E-state index < -0.39 is 0 Å². The summed E-state index contributed by atoms with van der Waals surface area (Å²) in [7, 11) is 0. The van der Waals surface area contributed by atoms with Crippen molar-refractivity contribution in [2.24, 2.45) is 0 Å². The van der Waals surface area contributed by atoms with Gasteiger partial charge in [0.25, 0.3) is 5.91 Å². The maximum absolute atomic E-state index is 12.4. The molecule has 2 aromatic rings. The molecule has 22 heavy (non-hydrogen) atoms. The molecule has 0 spiro atoms. The second kappa shape index (κ2) is 7.97. The molecule has 1 aromatic heterocycles. The quantitative estimate of drug-likeness (QED) is 0.835. The van der Waals surface area contributed by atoms with Crippen LogP contribution in [0.3, 0.4) is 0 Å². The summed E-state index contributed by atoms with van der Waals surface area (Å²) in [5, 5.41) is 4.90. The maximum Gasteiger partial charge on any atom is 0.253 e. The van der Waals surface area contributed by atoms with Crippen LogP contribution in [0.5, 0.6) is 0 Å². The molecule has 3 rings (SSSR count). The minimum Gasteiger partial charge on any atom is -0.336 e. The minimum atomic E-state index is 0. The Morgan fingerprint density at radius 2 is 1.95 bits per heavy atom. The van der Waals surface area contributed by atoms with Crippen molar-refractivity contribution < 1.29 is 4.79 Å². The number of piperazine rings is 1. The standard InChI is InChI=1S/C16H17ClN2OS.ClH/c17-15-3-1-2-14(10-15)16(20)19-7-5-18(6-8-19)11-13-4-9-21-12-13;/h1-4,9-10,12H,5-8,11H2;1H. The Bertz CT molecular complexity index is 610. The Morgan fingerprint density at radius 3 is 2.59 bits per heavy atom. The van der Waals surface area contributed by atoms with Crippen LogP contribution >= 0.6 is 35.3 Å². The minimum absolute atomic E-state index is 0. The maximum atomic E-state index is 12.4. The molecule has 6 heteroatoms. The largest absolute Gasteiger partial charge is 0.336 e. The van der Waals surface area contributed by atoms with Crippen molar-refractivity contribution >= 4 is 41.3 Å². The highest BCUT2D eigenvalue weighted by molar-refractivity contribution is 7.07. The average Bonchev–Trinajstić information content (AvgIpc) is 3.00. The Hall–Kier alpha value is -1.07. The van der Waals surface area contributed by atoms with E-state index in [0.29, 0.717) is 10.6 Å². The first-order chi connectivity index (χ1) is 10.2. The number of rotatable bonds is 3. The number of hydrogen-bond acceptors (Lipinski definition) is 3. The van der Waals surface area contributed by atoms with Gasteiger partial charge in [-0.05, 0) is 40.6 Å². The van der Waals surface area contributed by atoms with Crippen LogP contribution in [0.2, 0.25) is 5.02 Å². The molecule has 1 saturated heterocycles. The highest BCUT2D eigenvalue weighted by atomic mass is 35.5. The normalized spacial score (nSPS) is 15.4. The molecule has 3 nitrogen and oxygen atoms in total. The first-order valence-corrected chi connectivity index (χ1v) is 8.33. The van der Waals surface area contributed by atoms with Crippen LogP contribution in [0.25, 0.3) is 0 Å². The molecule has 0 N–H and O–H groups in total. The van der Waals surface area contributed by atoms with Crippen molar-refractivity contribution in [3.63, 3.8) is 0 Å². The summed E-state index contributed by atoms with van der Waals surface area (Å²) in [5.41, 5.74) is 2.03. The van der Waals surface area contributed by atoms with E-state index in [4.69, 9.17) is 11.6 Å². The third-order valence-corrected chi connectivity index (χ3v) is 4.68. The summed E-state index contributed by atoms with van der Waals surface area (Å²) in [6.07, 6.45) is 0. The first-order valence-electron chi connectivity index (χ1n) is 7.00. The monoisotopic (exact) mass is 356 g/mol. The van der Waals surface area contributed by atoms with Crippen LogP contribution in [0.1, 0.15) is 15.9 Å². The molecular formula is C16H18Cl2N2OS. The lowest BCUT2D eigenvalue weighted by Crippen LogP contribution is -2.48. The number of nitrogens with zero attached hydrogens (tertiary/aromatic N) is 2. The van der Waals surface area contributed by atoms with Crippen LogP contribution in [0, 0.1) is 0 Å². The van der Waals surface area contributed by atoms with Gasteiger partial charge < -0.3 is 4.90 Å². The zero-order valence-corrected chi connectivity index (χ0v) is 14.5. The van der Waals surface area contributed by atoms with E-state index in [9.17, 15) is 4.79 Å². The number of hydrogen-bond donors (Lipinski definition) is 0. The Morgan fingerprint density at radius 1 is 1.18 bits per heavy atom. The number of carbonyl (C=O) groups is 1. The molecule has 1 fully saturated rings. The van der Waals surface area contributed by atoms with Gasteiger partial charge in [0, 0.05) is 43.3 Å². The van der Waals surface area contributed by atoms with Crippen LogP contribution in [0.15, 0.2) is 41.1 Å². The fraction of sp³-hybridized carbons (Fsp3) is 0.312. The summed E-state index contributed by atoms with van der Waals surface area (Å²) < 4.78 is 0. The van der Waals surface area contributed by atoms with Gasteiger partial charge >= 0.3 is 0 Å². The molecule has 0 unspecified atom stereocenters. The van der Waals surface area contributed by atoms with E-state index in [-0.39, 0.29) is 18.3 Å². The van der Waals surface area contributed by atoms with Gasteiger partial charge in [0.15, 0.2) is 0 Å². The molecular weight excluding hydrogens is 339 g/mol. The van der Waals surface area contributed by atoms with E-state index >= 15 is 0 Å². The lowest BCUT2D eigenvalue weighted by molar-refractivity contribution is 0.0628. The lowest BCUT2D eigenvalue weighted by Gasteiger charge is -2.34. The van der Waals surface area contributed by atoms with E-state index in [0.717, 1.165) is 32.7 Å². The van der Waals surface area contributed by atoms with Gasteiger partial charge in [-0.25, -0.2) is 0 Å². The molecule has 118 valence electrons. The molecule has 1 aliphatic rings. The molecule has 0 bridgehead atoms. The molecule has 1 aromatic carbocycles. The lowest BCUT2D eigenvalue weighted by atomic mass is 10.1. The molecule has 1 amide bonds. The summed E-state index contributed by atoms with van der Waals surface area (Å²) in [5.74, 6) is 0.0766. The van der Waals surface area contributed by atoms with E-state index in [2.05, 4.69) is 21.7 Å². The van der Waals surface area contributed by atoms with Crippen molar-refractivity contribution in [3.05, 3.63) is 57.2 Å². The second-order valence-corrected chi connectivity index (χ2v) is 6.43. The molecule has 0 radical (unpaired) electrons. The number of benzene rings is 1. The Kier molecular flexibility index (Phi) is 6.26. The summed E-state index contributed by atoms with van der Waals surface area (Å²) in [6.45, 7) is 4.36. The van der Waals surface area contributed by atoms with Gasteiger partial charge in [-0.1, -0.05) is 17.7 Å². The van der Waals surface area contributed by atoms with E-state index in [1.165, 1.54) is 5.56 Å². The van der Waals surface area contributed by atoms with Gasteiger partial charge in [0.2, 0.25) is 0 Å². The third kappa shape index (κ3) is 4.23. The van der Waals surface area contributed by atoms with Crippen molar-refractivity contribution in [1.82, 2.24) is 9.80 Å². The number of halogens is 2. The SMILES string of the molecule is Cl.O=C(c1cccc(Cl)c1)N1CCN(Cc2ccsc2)CC1.